The SMILES string of the molecule is CCCCOC(=O)[C@](C)(CCCC(C)(C)CS(=O)(=O)CCO)c1cccc(C[C@@H]2COC(C)(C)O2)c1. The van der Waals surface area contributed by atoms with E-state index in [0.29, 0.717) is 38.9 Å². The summed E-state index contributed by atoms with van der Waals surface area (Å²) in [5.41, 5.74) is 0.651. The van der Waals surface area contributed by atoms with Gasteiger partial charge >= 0.3 is 5.97 Å². The van der Waals surface area contributed by atoms with Gasteiger partial charge in [0.2, 0.25) is 0 Å². The largest absolute Gasteiger partial charge is 0.465 e. The van der Waals surface area contributed by atoms with Gasteiger partial charge in [0.25, 0.3) is 0 Å². The van der Waals surface area contributed by atoms with E-state index in [1.54, 1.807) is 0 Å². The molecular weight excluding hydrogens is 480 g/mol. The fourth-order valence-electron chi connectivity index (χ4n) is 4.80. The van der Waals surface area contributed by atoms with Gasteiger partial charge in [0.05, 0.1) is 42.8 Å². The van der Waals surface area contributed by atoms with Crippen LogP contribution in [0.4, 0.5) is 0 Å². The maximum absolute atomic E-state index is 13.4. The molecule has 1 aliphatic rings. The minimum Gasteiger partial charge on any atom is -0.465 e. The first-order valence-corrected chi connectivity index (χ1v) is 14.9. The van der Waals surface area contributed by atoms with Gasteiger partial charge in [-0.15, -0.1) is 0 Å². The van der Waals surface area contributed by atoms with Crippen molar-refractivity contribution < 1.29 is 32.5 Å². The Morgan fingerprint density at radius 2 is 1.92 bits per heavy atom. The number of ether oxygens (including phenoxy) is 3. The molecule has 2 atom stereocenters. The van der Waals surface area contributed by atoms with Crippen LogP contribution in [-0.4, -0.2) is 62.7 Å². The van der Waals surface area contributed by atoms with Crippen molar-refractivity contribution in [3.05, 3.63) is 35.4 Å². The molecule has 1 fully saturated rings. The number of carbonyl (C=O) groups excluding carboxylic acids is 1. The predicted octanol–water partition coefficient (Wildman–Crippen LogP) is 4.59. The van der Waals surface area contributed by atoms with Crippen LogP contribution in [0.15, 0.2) is 24.3 Å². The summed E-state index contributed by atoms with van der Waals surface area (Å²) in [6.45, 7) is 12.2. The lowest BCUT2D eigenvalue weighted by Gasteiger charge is -2.31. The van der Waals surface area contributed by atoms with Gasteiger partial charge in [-0.3, -0.25) is 4.79 Å². The zero-order valence-electron chi connectivity index (χ0n) is 23.0. The van der Waals surface area contributed by atoms with Crippen molar-refractivity contribution in [1.29, 1.82) is 0 Å². The molecule has 1 N–H and O–H groups in total. The Morgan fingerprint density at radius 1 is 1.19 bits per heavy atom. The van der Waals surface area contributed by atoms with Crippen LogP contribution in [0.3, 0.4) is 0 Å². The molecule has 2 rings (SSSR count). The number of hydrogen-bond acceptors (Lipinski definition) is 7. The number of aliphatic hydroxyl groups is 1. The summed E-state index contributed by atoms with van der Waals surface area (Å²) in [6.07, 6.45) is 4.24. The van der Waals surface area contributed by atoms with E-state index in [1.807, 2.05) is 52.8 Å². The normalized spacial score (nSPS) is 19.7. The molecule has 1 saturated heterocycles. The summed E-state index contributed by atoms with van der Waals surface area (Å²) >= 11 is 0. The number of aliphatic hydroxyl groups excluding tert-OH is 1. The summed E-state index contributed by atoms with van der Waals surface area (Å²) in [7, 11) is -3.33. The summed E-state index contributed by atoms with van der Waals surface area (Å²) in [5.74, 6) is -1.05. The van der Waals surface area contributed by atoms with Crippen molar-refractivity contribution in [2.45, 2.75) is 97.4 Å². The molecule has 1 aromatic rings. The monoisotopic (exact) mass is 526 g/mol. The first-order chi connectivity index (χ1) is 16.7. The number of esters is 1. The molecule has 1 aromatic carbocycles. The standard InChI is InChI=1S/C28H46O7S/c1-7-8-16-33-25(30)28(6,14-10-13-26(2,3)21-36(31,32)17-15-29)23-12-9-11-22(18-23)19-24-20-34-27(4,5)35-24/h9,11-12,18,24,29H,7-8,10,13-17,19-21H2,1-6H3/t24-,28-/m1/s1. The van der Waals surface area contributed by atoms with E-state index < -0.39 is 26.5 Å². The number of hydrogen-bond donors (Lipinski definition) is 1. The third-order valence-electron chi connectivity index (χ3n) is 6.82. The van der Waals surface area contributed by atoms with E-state index in [9.17, 15) is 13.2 Å². The van der Waals surface area contributed by atoms with Gasteiger partial charge in [-0.2, -0.15) is 0 Å². The first-order valence-electron chi connectivity index (χ1n) is 13.1. The topological polar surface area (TPSA) is 99.1 Å². The number of sulfone groups is 1. The maximum Gasteiger partial charge on any atom is 0.316 e. The van der Waals surface area contributed by atoms with Crippen LogP contribution in [0.25, 0.3) is 0 Å². The molecule has 206 valence electrons. The van der Waals surface area contributed by atoms with Crippen LogP contribution in [0.2, 0.25) is 0 Å². The molecule has 0 bridgehead atoms. The van der Waals surface area contributed by atoms with Gasteiger partial charge < -0.3 is 19.3 Å². The molecule has 1 aliphatic heterocycles. The zero-order valence-corrected chi connectivity index (χ0v) is 23.8. The smallest absolute Gasteiger partial charge is 0.316 e. The van der Waals surface area contributed by atoms with Gasteiger partial charge in [-0.1, -0.05) is 57.9 Å². The maximum atomic E-state index is 13.4. The molecule has 0 saturated carbocycles. The highest BCUT2D eigenvalue weighted by molar-refractivity contribution is 7.91. The second-order valence-electron chi connectivity index (χ2n) is 11.5. The Kier molecular flexibility index (Phi) is 11.0. The molecule has 0 aliphatic carbocycles. The van der Waals surface area contributed by atoms with Gasteiger partial charge in [-0.25, -0.2) is 8.42 Å². The third-order valence-corrected chi connectivity index (χ3v) is 8.85. The third kappa shape index (κ3) is 9.43. The van der Waals surface area contributed by atoms with E-state index in [1.165, 1.54) is 0 Å². The highest BCUT2D eigenvalue weighted by atomic mass is 32.2. The number of unbranched alkanes of at least 4 members (excludes halogenated alkanes) is 1. The molecule has 0 amide bonds. The highest BCUT2D eigenvalue weighted by Gasteiger charge is 2.38. The lowest BCUT2D eigenvalue weighted by molar-refractivity contribution is -0.150. The molecule has 0 radical (unpaired) electrons. The summed E-state index contributed by atoms with van der Waals surface area (Å²) in [6, 6.07) is 8.04. The molecule has 1 heterocycles. The van der Waals surface area contributed by atoms with E-state index >= 15 is 0 Å². The van der Waals surface area contributed by atoms with Crippen LogP contribution in [0, 0.1) is 5.41 Å². The first kappa shape index (κ1) is 30.7. The van der Waals surface area contributed by atoms with Crippen LogP contribution >= 0.6 is 0 Å². The fourth-order valence-corrected chi connectivity index (χ4v) is 6.56. The summed E-state index contributed by atoms with van der Waals surface area (Å²) in [4.78, 5) is 13.4. The van der Waals surface area contributed by atoms with Crippen molar-refractivity contribution in [3.8, 4) is 0 Å². The van der Waals surface area contributed by atoms with Crippen LogP contribution < -0.4 is 0 Å². The number of rotatable bonds is 15. The summed E-state index contributed by atoms with van der Waals surface area (Å²) in [5, 5.41) is 9.05. The van der Waals surface area contributed by atoms with Crippen LogP contribution in [0.1, 0.15) is 84.8 Å². The summed E-state index contributed by atoms with van der Waals surface area (Å²) < 4.78 is 41.9. The van der Waals surface area contributed by atoms with Crippen LogP contribution in [-0.2, 0) is 40.7 Å². The van der Waals surface area contributed by atoms with E-state index in [0.717, 1.165) is 24.0 Å². The fraction of sp³-hybridized carbons (Fsp3) is 0.750. The molecular formula is C28H46O7S. The Bertz CT molecular complexity index is 954. The van der Waals surface area contributed by atoms with Crippen molar-refractivity contribution in [2.24, 2.45) is 5.41 Å². The molecule has 0 aromatic heterocycles. The molecule has 0 unspecified atom stereocenters. The van der Waals surface area contributed by atoms with Crippen molar-refractivity contribution in [1.82, 2.24) is 0 Å². The Balaban J connectivity index is 2.18. The van der Waals surface area contributed by atoms with Gasteiger partial charge in [0, 0.05) is 6.42 Å². The predicted molar refractivity (Wildman–Crippen MR) is 142 cm³/mol. The molecule has 8 heteroatoms. The number of carbonyl (C=O) groups is 1. The zero-order chi connectivity index (χ0) is 27.0. The Hall–Kier alpha value is -1.48. The minimum absolute atomic E-state index is 0.00745. The quantitative estimate of drug-likeness (QED) is 0.264. The Labute approximate surface area is 217 Å². The van der Waals surface area contributed by atoms with E-state index in [4.69, 9.17) is 19.3 Å². The average molecular weight is 527 g/mol. The van der Waals surface area contributed by atoms with Crippen LogP contribution in [0.5, 0.6) is 0 Å². The molecule has 7 nitrogen and oxygen atoms in total. The van der Waals surface area contributed by atoms with Crippen molar-refractivity contribution >= 4 is 15.8 Å². The van der Waals surface area contributed by atoms with Crippen molar-refractivity contribution in [2.75, 3.05) is 31.3 Å². The van der Waals surface area contributed by atoms with E-state index in [-0.39, 0.29) is 30.2 Å². The highest BCUT2D eigenvalue weighted by Crippen LogP contribution is 2.35. The van der Waals surface area contributed by atoms with Gasteiger partial charge in [0.15, 0.2) is 15.6 Å². The molecule has 36 heavy (non-hydrogen) atoms. The van der Waals surface area contributed by atoms with Crippen molar-refractivity contribution in [3.63, 3.8) is 0 Å². The molecule has 0 spiro atoms. The lowest BCUT2D eigenvalue weighted by Crippen LogP contribution is -2.35. The lowest BCUT2D eigenvalue weighted by atomic mass is 9.75. The average Bonchev–Trinajstić information content (AvgIpc) is 3.10. The number of benzene rings is 1. The Morgan fingerprint density at radius 3 is 2.53 bits per heavy atom. The van der Waals surface area contributed by atoms with E-state index in [2.05, 4.69) is 13.0 Å². The second kappa shape index (κ2) is 12.9. The van der Waals surface area contributed by atoms with Gasteiger partial charge in [0.1, 0.15) is 0 Å². The minimum atomic E-state index is -3.33. The van der Waals surface area contributed by atoms with Gasteiger partial charge in [-0.05, 0) is 56.6 Å². The second-order valence-corrected chi connectivity index (χ2v) is 13.7.